The van der Waals surface area contributed by atoms with Crippen LogP contribution < -0.4 is 5.73 Å². The second kappa shape index (κ2) is 35.9. The van der Waals surface area contributed by atoms with Crippen molar-refractivity contribution in [3.05, 3.63) is 177 Å². The predicted molar refractivity (Wildman–Crippen MR) is 284 cm³/mol. The number of piperidine rings is 2. The molecule has 0 radical (unpaired) electrons. The second-order valence-electron chi connectivity index (χ2n) is 16.7. The summed E-state index contributed by atoms with van der Waals surface area (Å²) in [4.78, 5) is 29.9. The summed E-state index contributed by atoms with van der Waals surface area (Å²) in [6.45, 7) is 18.1. The Morgan fingerprint density at radius 3 is 1.16 bits per heavy atom. The number of aliphatic hydroxyl groups excluding tert-OH is 1. The van der Waals surface area contributed by atoms with E-state index in [-0.39, 0.29) is 6.61 Å². The molecule has 0 amide bonds. The highest BCUT2D eigenvalue weighted by molar-refractivity contribution is 6.29. The van der Waals surface area contributed by atoms with E-state index in [0.29, 0.717) is 23.3 Å². The van der Waals surface area contributed by atoms with Crippen LogP contribution >= 0.6 is 23.2 Å². The number of likely N-dealkylation sites (tertiary alicyclic amines) is 2. The third-order valence-corrected chi connectivity index (χ3v) is 12.0. The molecule has 8 heterocycles. The number of halogens is 2. The van der Waals surface area contributed by atoms with E-state index in [0.717, 1.165) is 67.8 Å². The Kier molecular flexibility index (Phi) is 30.2. The van der Waals surface area contributed by atoms with Crippen LogP contribution in [-0.2, 0) is 64.2 Å². The molecular formula is C56H76Cl2N10O. The van der Waals surface area contributed by atoms with Gasteiger partial charge in [0.15, 0.2) is 0 Å². The minimum atomic E-state index is 0.0317. The Bertz CT molecular complexity index is 2070. The first kappa shape index (κ1) is 58.1. The van der Waals surface area contributed by atoms with Gasteiger partial charge in [0.25, 0.3) is 0 Å². The molecule has 0 atom stereocenters. The molecule has 2 fully saturated rings. The lowest BCUT2D eigenvalue weighted by Crippen LogP contribution is -2.29. The molecule has 0 spiro atoms. The monoisotopic (exact) mass is 975 g/mol. The molecule has 3 N–H and O–H groups in total. The van der Waals surface area contributed by atoms with Crippen LogP contribution in [0.5, 0.6) is 0 Å². The van der Waals surface area contributed by atoms with E-state index in [1.54, 1.807) is 30.7 Å². The van der Waals surface area contributed by atoms with Crippen molar-refractivity contribution < 1.29 is 5.11 Å². The molecule has 2 aliphatic heterocycles. The van der Waals surface area contributed by atoms with Gasteiger partial charge in [0.1, 0.15) is 16.9 Å². The van der Waals surface area contributed by atoms with Gasteiger partial charge >= 0.3 is 0 Å². The van der Waals surface area contributed by atoms with E-state index < -0.39 is 0 Å². The molecule has 0 aliphatic carbocycles. The lowest BCUT2D eigenvalue weighted by molar-refractivity contribution is 0.218. The van der Waals surface area contributed by atoms with Crippen LogP contribution in [0.1, 0.15) is 135 Å². The minimum absolute atomic E-state index is 0.0317. The molecule has 2 aliphatic rings. The van der Waals surface area contributed by atoms with Crippen LogP contribution in [-0.4, -0.2) is 71.0 Å². The molecule has 2 saturated heterocycles. The summed E-state index contributed by atoms with van der Waals surface area (Å²) in [5, 5.41) is 17.6. The van der Waals surface area contributed by atoms with Crippen LogP contribution in [0.4, 0.5) is 0 Å². The zero-order chi connectivity index (χ0) is 49.9. The number of rotatable bonds is 12. The summed E-state index contributed by atoms with van der Waals surface area (Å²) in [6, 6.07) is 25.8. The van der Waals surface area contributed by atoms with Crippen molar-refractivity contribution in [1.82, 2.24) is 39.7 Å². The van der Waals surface area contributed by atoms with Crippen molar-refractivity contribution in [2.24, 2.45) is 5.73 Å². The summed E-state index contributed by atoms with van der Waals surface area (Å²) in [5.74, 6) is 0.504. The molecule has 0 saturated carbocycles. The number of pyridine rings is 6. The molecule has 0 unspecified atom stereocenters. The summed E-state index contributed by atoms with van der Waals surface area (Å²) in [5.41, 5.74) is 17.4. The Labute approximate surface area is 423 Å². The van der Waals surface area contributed by atoms with Crippen molar-refractivity contribution >= 4 is 23.2 Å². The lowest BCUT2D eigenvalue weighted by Gasteiger charge is -2.25. The molecule has 11 nitrogen and oxygen atoms in total. The smallest absolute Gasteiger partial charge is 0.140 e. The normalized spacial score (nSPS) is 13.2. The van der Waals surface area contributed by atoms with Gasteiger partial charge in [-0.25, -0.2) is 9.97 Å². The first-order valence-electron chi connectivity index (χ1n) is 24.7. The maximum atomic E-state index is 8.64. The fourth-order valence-corrected chi connectivity index (χ4v) is 7.21. The van der Waals surface area contributed by atoms with Crippen molar-refractivity contribution in [3.63, 3.8) is 0 Å². The predicted octanol–water partition coefficient (Wildman–Crippen LogP) is 11.5. The fourth-order valence-electron chi connectivity index (χ4n) is 6.94. The summed E-state index contributed by atoms with van der Waals surface area (Å²) >= 11 is 11.1. The molecule has 0 aromatic carbocycles. The zero-order valence-corrected chi connectivity index (χ0v) is 43.4. The molecule has 6 aromatic heterocycles. The lowest BCUT2D eigenvalue weighted by atomic mass is 10.1. The van der Waals surface area contributed by atoms with Crippen molar-refractivity contribution in [3.8, 4) is 6.07 Å². The van der Waals surface area contributed by atoms with Crippen LogP contribution in [0.2, 0.25) is 5.15 Å². The van der Waals surface area contributed by atoms with Gasteiger partial charge in [-0.2, -0.15) is 5.26 Å². The zero-order valence-electron chi connectivity index (χ0n) is 41.8. The summed E-state index contributed by atoms with van der Waals surface area (Å²) in [7, 11) is 0. The highest BCUT2D eigenvalue weighted by Crippen LogP contribution is 2.14. The number of aromatic nitrogens is 6. The topological polar surface area (TPSA) is 154 Å². The molecule has 6 aromatic rings. The first-order valence-corrected chi connectivity index (χ1v) is 25.6. The maximum absolute atomic E-state index is 8.64. The summed E-state index contributed by atoms with van der Waals surface area (Å²) < 4.78 is 0. The fraction of sp³-hybridized carbons (Fsp3) is 0.446. The van der Waals surface area contributed by atoms with Crippen LogP contribution in [0.15, 0.2) is 110 Å². The van der Waals surface area contributed by atoms with Gasteiger partial charge in [-0.3, -0.25) is 29.7 Å². The number of nitrogens with zero attached hydrogens (tertiary/aromatic N) is 9. The molecule has 8 rings (SSSR count). The average Bonchev–Trinajstić information content (AvgIpc) is 3.43. The van der Waals surface area contributed by atoms with E-state index in [1.165, 1.54) is 98.2 Å². The van der Waals surface area contributed by atoms with Gasteiger partial charge < -0.3 is 10.8 Å². The Morgan fingerprint density at radius 1 is 0.493 bits per heavy atom. The number of nitriles is 1. The summed E-state index contributed by atoms with van der Waals surface area (Å²) in [6.07, 6.45) is 24.4. The average molecular weight is 976 g/mol. The minimum Gasteiger partial charge on any atom is -0.390 e. The number of aliphatic hydroxyl groups is 1. The molecule has 13 heteroatoms. The Hall–Kier alpha value is -5.19. The quantitative estimate of drug-likeness (QED) is 0.0890. The molecule has 69 heavy (non-hydrogen) atoms. The van der Waals surface area contributed by atoms with Gasteiger partial charge in [-0.05, 0) is 154 Å². The van der Waals surface area contributed by atoms with Gasteiger partial charge in [0, 0.05) is 56.8 Å². The number of nitrogens with two attached hydrogens (primary N) is 1. The van der Waals surface area contributed by atoms with Gasteiger partial charge in [0.05, 0.1) is 35.3 Å². The molecule has 370 valence electrons. The van der Waals surface area contributed by atoms with Gasteiger partial charge in [0.2, 0.25) is 0 Å². The Morgan fingerprint density at radius 2 is 0.855 bits per heavy atom. The third kappa shape index (κ3) is 24.8. The van der Waals surface area contributed by atoms with Crippen LogP contribution in [0.3, 0.4) is 0 Å². The van der Waals surface area contributed by atoms with Crippen LogP contribution in [0.25, 0.3) is 0 Å². The Balaban J connectivity index is 0.000000222. The van der Waals surface area contributed by atoms with Gasteiger partial charge in [-0.15, -0.1) is 11.6 Å². The second-order valence-corrected chi connectivity index (χ2v) is 17.4. The highest BCUT2D eigenvalue weighted by Gasteiger charge is 2.12. The maximum Gasteiger partial charge on any atom is 0.140 e. The number of aryl methyl sites for hydroxylation is 5. The number of alkyl halides is 1. The standard InChI is InChI=1S/C13H20N2.C12H19N3.C8H10ClN.C8H8N2.C8H11NO.C7H8ClN/c1-2-12-6-7-13(14-10-12)11-15-8-4-3-5-9-15;13-8-11-4-5-12(14-9-11)10-15-6-2-1-3-7-15;2*1-2-7-3-4-8(5-9)10-6-7;1-2-7-3-4-8(6-10)9-5-7;1-2-6-3-4-7(8)9-5-6/h6-7,10H,2-5,8-9,11H2,1H3;4-5,9H,1-3,6-8,10,13H2;3-4,6H,2,5H2,1H3;3-4,6H,2H2,1H3;3-5,10H,2,6H2,1H3;3-5H,2H2,1H3. The third-order valence-electron chi connectivity index (χ3n) is 11.5. The largest absolute Gasteiger partial charge is 0.390 e. The van der Waals surface area contributed by atoms with E-state index >= 15 is 0 Å². The first-order chi connectivity index (χ1) is 33.7. The SMILES string of the molecule is CCc1ccc(C#N)nc1.CCc1ccc(CCl)nc1.CCc1ccc(CN2CCCCC2)nc1.CCc1ccc(CO)nc1.CCc1ccc(Cl)nc1.NCc1ccc(CN2CCCCC2)nc1. The molecule has 0 bridgehead atoms. The van der Waals surface area contributed by atoms with Crippen molar-refractivity contribution in [1.29, 1.82) is 5.26 Å². The van der Waals surface area contributed by atoms with E-state index in [9.17, 15) is 0 Å². The molecular weight excluding hydrogens is 900 g/mol. The van der Waals surface area contributed by atoms with Gasteiger partial charge in [-0.1, -0.05) is 95.5 Å². The van der Waals surface area contributed by atoms with E-state index in [2.05, 4.69) is 105 Å². The van der Waals surface area contributed by atoms with Crippen LogP contribution in [0, 0.1) is 11.3 Å². The van der Waals surface area contributed by atoms with Crippen molar-refractivity contribution in [2.45, 2.75) is 137 Å². The van der Waals surface area contributed by atoms with E-state index in [4.69, 9.17) is 39.3 Å². The number of hydrogen-bond donors (Lipinski definition) is 2. The highest BCUT2D eigenvalue weighted by atomic mass is 35.5. The number of hydrogen-bond acceptors (Lipinski definition) is 11. The van der Waals surface area contributed by atoms with Crippen molar-refractivity contribution in [2.75, 3.05) is 26.2 Å². The van der Waals surface area contributed by atoms with E-state index in [1.807, 2.05) is 55.0 Å².